The topological polar surface area (TPSA) is 111 Å². The molecule has 0 saturated heterocycles. The van der Waals surface area contributed by atoms with Crippen LogP contribution < -0.4 is 11.1 Å². The van der Waals surface area contributed by atoms with Gasteiger partial charge in [0.05, 0.1) is 18.6 Å². The number of nitrogen functional groups attached to an aromatic ring is 1. The van der Waals surface area contributed by atoms with Gasteiger partial charge in [-0.1, -0.05) is 0 Å². The Balaban J connectivity index is 2.01. The third kappa shape index (κ3) is 2.26. The number of nitrogens with two attached hydrogens (primary N) is 1. The number of carbonyl (C=O) groups is 1. The number of aromatic nitrogens is 5. The summed E-state index contributed by atoms with van der Waals surface area (Å²) in [5.41, 5.74) is 7.36. The number of hydrogen-bond acceptors (Lipinski definition) is 6. The molecule has 3 heterocycles. The average molecular weight is 269 g/mol. The summed E-state index contributed by atoms with van der Waals surface area (Å²) >= 11 is 0. The van der Waals surface area contributed by atoms with Gasteiger partial charge in [-0.05, 0) is 12.1 Å². The van der Waals surface area contributed by atoms with Crippen LogP contribution in [0.1, 0.15) is 6.92 Å². The lowest BCUT2D eigenvalue weighted by atomic mass is 10.3. The van der Waals surface area contributed by atoms with Gasteiger partial charge < -0.3 is 11.1 Å². The largest absolute Gasteiger partial charge is 0.382 e. The number of imidazole rings is 1. The van der Waals surface area contributed by atoms with Gasteiger partial charge in [0.2, 0.25) is 5.91 Å². The van der Waals surface area contributed by atoms with Gasteiger partial charge in [0.15, 0.2) is 11.5 Å². The second-order valence-corrected chi connectivity index (χ2v) is 4.16. The summed E-state index contributed by atoms with van der Waals surface area (Å²) < 4.78 is 1.57. The van der Waals surface area contributed by atoms with E-state index in [0.717, 1.165) is 0 Å². The zero-order chi connectivity index (χ0) is 14.1. The first kappa shape index (κ1) is 12.0. The second-order valence-electron chi connectivity index (χ2n) is 4.16. The minimum Gasteiger partial charge on any atom is -0.382 e. The first-order valence-electron chi connectivity index (χ1n) is 5.84. The Morgan fingerprint density at radius 2 is 2.10 bits per heavy atom. The first-order valence-corrected chi connectivity index (χ1v) is 5.84. The number of anilines is 2. The van der Waals surface area contributed by atoms with Crippen LogP contribution in [0.15, 0.2) is 30.7 Å². The van der Waals surface area contributed by atoms with E-state index >= 15 is 0 Å². The van der Waals surface area contributed by atoms with E-state index < -0.39 is 0 Å². The van der Waals surface area contributed by atoms with Crippen LogP contribution in [-0.4, -0.2) is 30.5 Å². The molecule has 0 unspecified atom stereocenters. The van der Waals surface area contributed by atoms with Gasteiger partial charge in [-0.2, -0.15) is 5.10 Å². The van der Waals surface area contributed by atoms with E-state index in [1.165, 1.54) is 13.1 Å². The molecule has 3 aromatic heterocycles. The van der Waals surface area contributed by atoms with Crippen molar-refractivity contribution in [2.45, 2.75) is 6.92 Å². The molecular formula is C12H11N7O. The fourth-order valence-electron chi connectivity index (χ4n) is 1.73. The van der Waals surface area contributed by atoms with Gasteiger partial charge >= 0.3 is 0 Å². The van der Waals surface area contributed by atoms with Crippen LogP contribution in [-0.2, 0) is 4.79 Å². The van der Waals surface area contributed by atoms with Gasteiger partial charge in [0, 0.05) is 6.92 Å². The normalized spacial score (nSPS) is 10.7. The number of fused-ring (bicyclic) bond motifs is 1. The second kappa shape index (κ2) is 4.57. The fourth-order valence-corrected chi connectivity index (χ4v) is 1.73. The van der Waals surface area contributed by atoms with Gasteiger partial charge in [0.25, 0.3) is 0 Å². The minimum absolute atomic E-state index is 0.182. The van der Waals surface area contributed by atoms with Crippen molar-refractivity contribution in [3.05, 3.63) is 30.7 Å². The van der Waals surface area contributed by atoms with Crippen LogP contribution in [0.5, 0.6) is 0 Å². The summed E-state index contributed by atoms with van der Waals surface area (Å²) in [7, 11) is 0. The summed E-state index contributed by atoms with van der Waals surface area (Å²) in [6, 6.07) is 3.56. The van der Waals surface area contributed by atoms with E-state index in [1.54, 1.807) is 29.0 Å². The van der Waals surface area contributed by atoms with Crippen molar-refractivity contribution in [2.24, 2.45) is 0 Å². The Morgan fingerprint density at radius 1 is 1.25 bits per heavy atom. The number of nitrogens with zero attached hydrogens (tertiary/aromatic N) is 5. The highest BCUT2D eigenvalue weighted by Crippen LogP contribution is 2.15. The number of nitrogens with one attached hydrogen (secondary N) is 1. The number of rotatable bonds is 2. The zero-order valence-corrected chi connectivity index (χ0v) is 10.6. The Kier molecular flexibility index (Phi) is 2.75. The molecule has 3 aromatic rings. The van der Waals surface area contributed by atoms with Crippen LogP contribution >= 0.6 is 0 Å². The molecule has 0 aromatic carbocycles. The molecule has 0 aliphatic carbocycles. The molecule has 3 rings (SSSR count). The van der Waals surface area contributed by atoms with Crippen LogP contribution in [0.3, 0.4) is 0 Å². The molecule has 8 nitrogen and oxygen atoms in total. The maximum Gasteiger partial charge on any atom is 0.222 e. The van der Waals surface area contributed by atoms with E-state index in [1.807, 2.05) is 0 Å². The van der Waals surface area contributed by atoms with Crippen molar-refractivity contribution in [1.29, 1.82) is 0 Å². The molecular weight excluding hydrogens is 258 g/mol. The number of hydrogen-bond donors (Lipinski definition) is 2. The molecule has 0 bridgehead atoms. The Bertz CT molecular complexity index is 778. The van der Waals surface area contributed by atoms with Gasteiger partial charge in [-0.25, -0.2) is 19.5 Å². The van der Waals surface area contributed by atoms with Crippen LogP contribution in [0, 0.1) is 0 Å². The molecule has 0 aliphatic heterocycles. The molecule has 0 saturated carbocycles. The minimum atomic E-state index is -0.182. The quantitative estimate of drug-likeness (QED) is 0.709. The first-order chi connectivity index (χ1) is 9.61. The lowest BCUT2D eigenvalue weighted by Gasteiger charge is -2.00. The fraction of sp³-hybridized carbons (Fsp3) is 0.0833. The molecule has 100 valence electrons. The van der Waals surface area contributed by atoms with Crippen LogP contribution in [0.4, 0.5) is 11.6 Å². The predicted octanol–water partition coefficient (Wildman–Crippen LogP) is 0.727. The Morgan fingerprint density at radius 3 is 2.80 bits per heavy atom. The summed E-state index contributed by atoms with van der Waals surface area (Å²) in [5.74, 6) is 0.619. The monoisotopic (exact) mass is 269 g/mol. The predicted molar refractivity (Wildman–Crippen MR) is 72.7 cm³/mol. The maximum atomic E-state index is 11.0. The van der Waals surface area contributed by atoms with E-state index in [2.05, 4.69) is 25.4 Å². The van der Waals surface area contributed by atoms with E-state index in [-0.39, 0.29) is 5.91 Å². The smallest absolute Gasteiger partial charge is 0.222 e. The van der Waals surface area contributed by atoms with Crippen molar-refractivity contribution < 1.29 is 4.79 Å². The van der Waals surface area contributed by atoms with Gasteiger partial charge in [-0.3, -0.25) is 4.79 Å². The van der Waals surface area contributed by atoms with Gasteiger partial charge in [0.1, 0.15) is 17.2 Å². The molecule has 0 spiro atoms. The highest BCUT2D eigenvalue weighted by molar-refractivity contribution is 5.87. The highest BCUT2D eigenvalue weighted by atomic mass is 16.1. The molecule has 3 N–H and O–H groups in total. The molecule has 0 fully saturated rings. The van der Waals surface area contributed by atoms with E-state index in [4.69, 9.17) is 5.73 Å². The number of amides is 1. The van der Waals surface area contributed by atoms with E-state index in [0.29, 0.717) is 28.7 Å². The Hall–Kier alpha value is -3.03. The maximum absolute atomic E-state index is 11.0. The summed E-state index contributed by atoms with van der Waals surface area (Å²) in [4.78, 5) is 23.3. The molecule has 1 amide bonds. The highest BCUT2D eigenvalue weighted by Gasteiger charge is 2.07. The summed E-state index contributed by atoms with van der Waals surface area (Å²) in [5, 5.41) is 6.97. The third-order valence-corrected chi connectivity index (χ3v) is 2.56. The van der Waals surface area contributed by atoms with Crippen molar-refractivity contribution >= 4 is 23.2 Å². The SMILES string of the molecule is CC(=O)Nc1cn2nc(-c3cnc(N)cn3)ccc2n1. The molecule has 20 heavy (non-hydrogen) atoms. The van der Waals surface area contributed by atoms with Crippen molar-refractivity contribution in [3.8, 4) is 11.4 Å². The van der Waals surface area contributed by atoms with Crippen LogP contribution in [0.25, 0.3) is 17.0 Å². The molecule has 0 atom stereocenters. The Labute approximate surface area is 113 Å². The van der Waals surface area contributed by atoms with E-state index in [9.17, 15) is 4.79 Å². The van der Waals surface area contributed by atoms with Crippen molar-refractivity contribution in [3.63, 3.8) is 0 Å². The molecule has 0 aliphatic rings. The van der Waals surface area contributed by atoms with Gasteiger partial charge in [-0.15, -0.1) is 0 Å². The summed E-state index contributed by atoms with van der Waals surface area (Å²) in [6.07, 6.45) is 4.65. The van der Waals surface area contributed by atoms with Crippen molar-refractivity contribution in [2.75, 3.05) is 11.1 Å². The van der Waals surface area contributed by atoms with Crippen LogP contribution in [0.2, 0.25) is 0 Å². The molecule has 0 radical (unpaired) electrons. The standard InChI is InChI=1S/C12H11N7O/c1-7(20)16-11-6-19-12(17-11)3-2-8(18-19)9-4-15-10(13)5-14-9/h2-6H,1H3,(H2,13,15)(H,16,20). The zero-order valence-electron chi connectivity index (χ0n) is 10.6. The average Bonchev–Trinajstić information content (AvgIpc) is 2.79. The lowest BCUT2D eigenvalue weighted by molar-refractivity contribution is -0.114. The summed E-state index contributed by atoms with van der Waals surface area (Å²) in [6.45, 7) is 1.42. The third-order valence-electron chi connectivity index (χ3n) is 2.56. The van der Waals surface area contributed by atoms with Crippen molar-refractivity contribution in [1.82, 2.24) is 24.6 Å². The molecule has 8 heteroatoms. The lowest BCUT2D eigenvalue weighted by Crippen LogP contribution is -2.05. The number of carbonyl (C=O) groups excluding carboxylic acids is 1.